The lowest BCUT2D eigenvalue weighted by Crippen LogP contribution is -2.44. The van der Waals surface area contributed by atoms with Crippen LogP contribution in [0.1, 0.15) is 26.3 Å². The summed E-state index contributed by atoms with van der Waals surface area (Å²) < 4.78 is 21.6. The van der Waals surface area contributed by atoms with Crippen LogP contribution in [-0.4, -0.2) is 62.0 Å². The third kappa shape index (κ3) is 3.84. The van der Waals surface area contributed by atoms with Crippen LogP contribution in [0.2, 0.25) is 0 Å². The Balaban J connectivity index is 2.04. The minimum absolute atomic E-state index is 0.205. The molecule has 3 aromatic rings. The predicted octanol–water partition coefficient (Wildman–Crippen LogP) is 3.77. The summed E-state index contributed by atoms with van der Waals surface area (Å²) in [5, 5.41) is 8.02. The number of pyridine rings is 2. The van der Waals surface area contributed by atoms with Crippen molar-refractivity contribution in [1.29, 1.82) is 0 Å². The molecule has 8 nitrogen and oxygen atoms in total. The van der Waals surface area contributed by atoms with Crippen molar-refractivity contribution >= 4 is 32.5 Å². The highest BCUT2D eigenvalue weighted by molar-refractivity contribution is 8.00. The van der Waals surface area contributed by atoms with Gasteiger partial charge in [-0.15, -0.1) is 10.1 Å². The first kappa shape index (κ1) is 20.9. The summed E-state index contributed by atoms with van der Waals surface area (Å²) in [6, 6.07) is 4.11. The van der Waals surface area contributed by atoms with E-state index in [0.717, 1.165) is 45.9 Å². The lowest BCUT2D eigenvalue weighted by molar-refractivity contribution is 0.0986. The molecule has 9 heteroatoms. The van der Waals surface area contributed by atoms with Gasteiger partial charge in [0.25, 0.3) is 0 Å². The predicted molar refractivity (Wildman–Crippen MR) is 124 cm³/mol. The number of aryl methyl sites for hydroxylation is 1. The number of aromatic amines is 1. The van der Waals surface area contributed by atoms with E-state index in [-0.39, 0.29) is 6.04 Å². The second kappa shape index (κ2) is 8.41. The number of anilines is 1. The molecule has 162 valence electrons. The molecule has 1 aliphatic heterocycles. The molecule has 0 aromatic carbocycles. The van der Waals surface area contributed by atoms with Gasteiger partial charge >= 0.3 is 0 Å². The number of thiol groups is 1. The van der Waals surface area contributed by atoms with Gasteiger partial charge in [0.15, 0.2) is 0 Å². The van der Waals surface area contributed by atoms with Gasteiger partial charge in [-0.3, -0.25) is 10.1 Å². The molecule has 1 fully saturated rings. The minimum Gasteiger partial charge on any atom is -0.377 e. The van der Waals surface area contributed by atoms with Gasteiger partial charge in [0.05, 0.1) is 30.6 Å². The highest BCUT2D eigenvalue weighted by Crippen LogP contribution is 2.37. The van der Waals surface area contributed by atoms with E-state index in [1.165, 1.54) is 0 Å². The second-order valence-electron chi connectivity index (χ2n) is 7.71. The highest BCUT2D eigenvalue weighted by atomic mass is 32.3. The maximum atomic E-state index is 11.1. The molecular formula is C21H30N6O2S. The maximum Gasteiger partial charge on any atom is 0.131 e. The van der Waals surface area contributed by atoms with Crippen molar-refractivity contribution in [1.82, 2.24) is 20.2 Å². The van der Waals surface area contributed by atoms with Gasteiger partial charge in [-0.05, 0) is 25.5 Å². The largest absolute Gasteiger partial charge is 0.377 e. The van der Waals surface area contributed by atoms with Crippen LogP contribution in [0.5, 0.6) is 0 Å². The fourth-order valence-electron chi connectivity index (χ4n) is 3.81. The van der Waals surface area contributed by atoms with Gasteiger partial charge in [0.2, 0.25) is 0 Å². The number of hydrogen-bond acceptors (Lipinski definition) is 6. The zero-order valence-corrected chi connectivity index (χ0v) is 18.9. The van der Waals surface area contributed by atoms with Crippen LogP contribution in [-0.2, 0) is 14.8 Å². The van der Waals surface area contributed by atoms with Crippen LogP contribution in [0.15, 0.2) is 28.9 Å². The van der Waals surface area contributed by atoms with Gasteiger partial charge in [-0.2, -0.15) is 5.10 Å². The Morgan fingerprint density at radius 2 is 2.17 bits per heavy atom. The van der Waals surface area contributed by atoms with E-state index in [9.17, 15) is 4.55 Å². The Morgan fingerprint density at radius 1 is 1.37 bits per heavy atom. The van der Waals surface area contributed by atoms with Crippen LogP contribution >= 0.6 is 0 Å². The van der Waals surface area contributed by atoms with Crippen molar-refractivity contribution in [2.24, 2.45) is 4.36 Å². The lowest BCUT2D eigenvalue weighted by atomic mass is 10.1. The Hall–Kier alpha value is -2.36. The molecule has 0 amide bonds. The summed E-state index contributed by atoms with van der Waals surface area (Å²) in [5.74, 6) is 2.13. The molecule has 0 unspecified atom stereocenters. The number of H-pyrrole nitrogens is 1. The molecule has 4 heterocycles. The van der Waals surface area contributed by atoms with Crippen molar-refractivity contribution in [2.75, 3.05) is 36.2 Å². The van der Waals surface area contributed by atoms with E-state index in [1.807, 2.05) is 39.1 Å². The molecule has 0 aliphatic carbocycles. The fourth-order valence-corrected chi connectivity index (χ4v) is 5.10. The summed E-state index contributed by atoms with van der Waals surface area (Å²) in [5.41, 5.74) is 4.09. The summed E-state index contributed by atoms with van der Waals surface area (Å²) in [7, 11) is -2.41. The summed E-state index contributed by atoms with van der Waals surface area (Å²) in [6.45, 7) is 10.2. The highest BCUT2D eigenvalue weighted by Gasteiger charge is 2.23. The number of morpholine rings is 1. The molecule has 2 N–H and O–H groups in total. The molecule has 0 bridgehead atoms. The molecule has 30 heavy (non-hydrogen) atoms. The molecule has 1 aliphatic rings. The molecule has 0 spiro atoms. The number of aromatic nitrogens is 4. The third-order valence-electron chi connectivity index (χ3n) is 5.72. The van der Waals surface area contributed by atoms with Crippen LogP contribution < -0.4 is 4.90 Å². The summed E-state index contributed by atoms with van der Waals surface area (Å²) in [4.78, 5) is 11.9. The number of ether oxygens (including phenoxy) is 1. The standard InChI is InChI=1S/C21H30N6O2S/c1-5-30(28,6-2)26-17-11-18(27-9-10-29-13-15(27)4)24-21-19(17)14(3)12-22-20(21)16-7-8-23-25-16/h7-8,11-12,15,30H,5-6,9-10,13H2,1-4H3,(H,23,25)(H,24,26,28)/t15-/m1/s1. The maximum absolute atomic E-state index is 11.1. The van der Waals surface area contributed by atoms with E-state index in [0.29, 0.717) is 24.7 Å². The average Bonchev–Trinajstić information content (AvgIpc) is 3.28. The van der Waals surface area contributed by atoms with Gasteiger partial charge < -0.3 is 14.2 Å². The van der Waals surface area contributed by atoms with Crippen LogP contribution in [0.3, 0.4) is 0 Å². The minimum atomic E-state index is -2.41. The van der Waals surface area contributed by atoms with E-state index in [1.54, 1.807) is 6.20 Å². The summed E-state index contributed by atoms with van der Waals surface area (Å²) >= 11 is 0. The van der Waals surface area contributed by atoms with E-state index >= 15 is 0 Å². The van der Waals surface area contributed by atoms with Gasteiger partial charge in [0, 0.05) is 41.9 Å². The first-order valence-corrected chi connectivity index (χ1v) is 12.5. The first-order chi connectivity index (χ1) is 14.5. The van der Waals surface area contributed by atoms with Gasteiger partial charge in [-0.1, -0.05) is 13.8 Å². The van der Waals surface area contributed by atoms with E-state index in [2.05, 4.69) is 27.0 Å². The van der Waals surface area contributed by atoms with E-state index < -0.39 is 10.1 Å². The molecule has 4 rings (SSSR count). The van der Waals surface area contributed by atoms with Crippen LogP contribution in [0, 0.1) is 6.92 Å². The van der Waals surface area contributed by atoms with Crippen molar-refractivity contribution in [3.63, 3.8) is 0 Å². The molecule has 3 aromatic heterocycles. The quantitative estimate of drug-likeness (QED) is 0.533. The Kier molecular flexibility index (Phi) is 5.86. The first-order valence-electron chi connectivity index (χ1n) is 10.4. The Morgan fingerprint density at radius 3 is 2.83 bits per heavy atom. The zero-order chi connectivity index (χ0) is 21.3. The molecule has 0 saturated carbocycles. The number of nitrogens with one attached hydrogen (secondary N) is 1. The number of hydrogen-bond donors (Lipinski definition) is 3. The smallest absolute Gasteiger partial charge is 0.131 e. The van der Waals surface area contributed by atoms with Crippen molar-refractivity contribution in [3.8, 4) is 11.4 Å². The van der Waals surface area contributed by atoms with Crippen molar-refractivity contribution < 1.29 is 9.29 Å². The van der Waals surface area contributed by atoms with Crippen molar-refractivity contribution in [2.45, 2.75) is 33.7 Å². The van der Waals surface area contributed by atoms with Crippen LogP contribution in [0.4, 0.5) is 11.5 Å². The van der Waals surface area contributed by atoms with Gasteiger partial charge in [0.1, 0.15) is 17.0 Å². The molecule has 0 radical (unpaired) electrons. The SMILES string of the molecule is CC[SH](O)(CC)=Nc1cc(N2CCOC[C@H]2C)nc2c(-c3ccn[nH]3)ncc(C)c12. The Labute approximate surface area is 178 Å². The van der Waals surface area contributed by atoms with Crippen LogP contribution in [0.25, 0.3) is 22.3 Å². The third-order valence-corrected chi connectivity index (χ3v) is 8.33. The molecule has 1 saturated heterocycles. The second-order valence-corrected chi connectivity index (χ2v) is 10.9. The Bertz CT molecular complexity index is 1090. The monoisotopic (exact) mass is 430 g/mol. The normalized spacial score (nSPS) is 18.0. The lowest BCUT2D eigenvalue weighted by Gasteiger charge is -2.34. The fraction of sp³-hybridized carbons (Fsp3) is 0.476. The molecular weight excluding hydrogens is 400 g/mol. The average molecular weight is 431 g/mol. The number of fused-ring (bicyclic) bond motifs is 1. The zero-order valence-electron chi connectivity index (χ0n) is 18.0. The van der Waals surface area contributed by atoms with Crippen molar-refractivity contribution in [3.05, 3.63) is 30.1 Å². The summed E-state index contributed by atoms with van der Waals surface area (Å²) in [6.07, 6.45) is 3.55. The number of nitrogens with zero attached hydrogens (tertiary/aromatic N) is 5. The van der Waals surface area contributed by atoms with Gasteiger partial charge in [-0.25, -0.2) is 9.35 Å². The number of rotatable bonds is 5. The molecule has 1 atom stereocenters. The topological polar surface area (TPSA) is 99.5 Å². The van der Waals surface area contributed by atoms with E-state index in [4.69, 9.17) is 14.1 Å².